The van der Waals surface area contributed by atoms with Gasteiger partial charge in [-0.1, -0.05) is 41.9 Å². The van der Waals surface area contributed by atoms with E-state index in [4.69, 9.17) is 22.1 Å². The number of aromatic nitrogens is 2. The zero-order chi connectivity index (χ0) is 28.2. The highest BCUT2D eigenvalue weighted by atomic mass is 35.5. The normalized spacial score (nSPS) is 18.4. The molecule has 10 heteroatoms. The van der Waals surface area contributed by atoms with Crippen molar-refractivity contribution in [1.29, 1.82) is 0 Å². The molecule has 2 aliphatic heterocycles. The van der Waals surface area contributed by atoms with Gasteiger partial charge in [-0.2, -0.15) is 5.10 Å². The van der Waals surface area contributed by atoms with E-state index in [2.05, 4.69) is 51.2 Å². The van der Waals surface area contributed by atoms with Gasteiger partial charge in [0.2, 0.25) is 11.8 Å². The molecule has 0 bridgehead atoms. The summed E-state index contributed by atoms with van der Waals surface area (Å²) in [6.45, 7) is 8.37. The van der Waals surface area contributed by atoms with Gasteiger partial charge in [-0.05, 0) is 37.1 Å². The van der Waals surface area contributed by atoms with Gasteiger partial charge >= 0.3 is 0 Å². The number of nitrogens with zero attached hydrogens (tertiary/aromatic N) is 4. The third kappa shape index (κ3) is 6.32. The third-order valence-electron chi connectivity index (χ3n) is 7.95. The van der Waals surface area contributed by atoms with Crippen LogP contribution in [0.25, 0.3) is 11.3 Å². The summed E-state index contributed by atoms with van der Waals surface area (Å²) in [6, 6.07) is 15.8. The summed E-state index contributed by atoms with van der Waals surface area (Å²) in [4.78, 5) is 31.2. The Morgan fingerprint density at radius 3 is 2.50 bits per heavy atom. The van der Waals surface area contributed by atoms with Crippen LogP contribution in [0.15, 0.2) is 48.5 Å². The molecule has 3 heterocycles. The van der Waals surface area contributed by atoms with Gasteiger partial charge in [-0.25, -0.2) is 0 Å². The lowest BCUT2D eigenvalue weighted by molar-refractivity contribution is -0.134. The quantitative estimate of drug-likeness (QED) is 0.411. The Balaban J connectivity index is 1.36. The Morgan fingerprint density at radius 1 is 1.10 bits per heavy atom. The second-order valence-electron chi connectivity index (χ2n) is 10.7. The van der Waals surface area contributed by atoms with E-state index in [-0.39, 0.29) is 24.7 Å². The number of primary amides is 1. The summed E-state index contributed by atoms with van der Waals surface area (Å²) >= 11 is 6.14. The van der Waals surface area contributed by atoms with E-state index in [0.717, 1.165) is 48.7 Å². The monoisotopic (exact) mass is 564 g/mol. The molecule has 1 aromatic heterocycles. The lowest BCUT2D eigenvalue weighted by Gasteiger charge is -2.40. The van der Waals surface area contributed by atoms with E-state index < -0.39 is 5.91 Å². The fraction of sp³-hybridized carbons (Fsp3) is 0.433. The number of piperazine rings is 1. The molecule has 0 saturated carbocycles. The Labute approximate surface area is 240 Å². The topological polar surface area (TPSA) is 108 Å². The van der Waals surface area contributed by atoms with Gasteiger partial charge in [-0.3, -0.25) is 19.6 Å². The van der Waals surface area contributed by atoms with Gasteiger partial charge < -0.3 is 20.3 Å². The van der Waals surface area contributed by atoms with Gasteiger partial charge in [0.25, 0.3) is 0 Å². The smallest absolute Gasteiger partial charge is 0.243 e. The first-order valence-electron chi connectivity index (χ1n) is 13.8. The minimum atomic E-state index is -0.507. The molecule has 3 N–H and O–H groups in total. The van der Waals surface area contributed by atoms with E-state index >= 15 is 0 Å². The average Bonchev–Trinajstić information content (AvgIpc) is 3.37. The largest absolute Gasteiger partial charge is 0.369 e. The van der Waals surface area contributed by atoms with Crippen molar-refractivity contribution in [3.63, 3.8) is 0 Å². The van der Waals surface area contributed by atoms with Crippen molar-refractivity contribution < 1.29 is 14.3 Å². The number of carbonyl (C=O) groups is 2. The molecule has 2 unspecified atom stereocenters. The number of rotatable bonds is 9. The van der Waals surface area contributed by atoms with Gasteiger partial charge in [-0.15, -0.1) is 0 Å². The number of nitrogens with two attached hydrogens (primary N) is 1. The highest BCUT2D eigenvalue weighted by Crippen LogP contribution is 2.39. The fourth-order valence-corrected chi connectivity index (χ4v) is 6.08. The van der Waals surface area contributed by atoms with Crippen LogP contribution < -0.4 is 10.6 Å². The molecule has 2 amide bonds. The summed E-state index contributed by atoms with van der Waals surface area (Å²) in [5.74, 6) is -0.508. The second kappa shape index (κ2) is 12.4. The average molecular weight is 565 g/mol. The van der Waals surface area contributed by atoms with Crippen LogP contribution in [0.1, 0.15) is 36.2 Å². The third-order valence-corrected chi connectivity index (χ3v) is 8.21. The number of hydrogen-bond donors (Lipinski definition) is 2. The van der Waals surface area contributed by atoms with Gasteiger partial charge in [0.15, 0.2) is 0 Å². The van der Waals surface area contributed by atoms with E-state index in [1.165, 1.54) is 11.3 Å². The molecular weight excluding hydrogens is 528 g/mol. The number of aromatic amines is 1. The molecule has 2 aliphatic rings. The fourth-order valence-electron chi connectivity index (χ4n) is 5.95. The molecular formula is C30H37ClN6O3. The number of amides is 2. The molecule has 9 nitrogen and oxygen atoms in total. The molecule has 0 aliphatic carbocycles. The van der Waals surface area contributed by atoms with Crippen molar-refractivity contribution in [2.75, 3.05) is 50.8 Å². The maximum atomic E-state index is 12.8. The van der Waals surface area contributed by atoms with Gasteiger partial charge in [0, 0.05) is 80.1 Å². The van der Waals surface area contributed by atoms with Crippen LogP contribution in [-0.2, 0) is 20.7 Å². The highest BCUT2D eigenvalue weighted by Gasteiger charge is 2.36. The van der Waals surface area contributed by atoms with Crippen LogP contribution in [-0.4, -0.2) is 83.8 Å². The van der Waals surface area contributed by atoms with Crippen LogP contribution in [0.4, 0.5) is 5.69 Å². The number of hydrogen-bond acceptors (Lipinski definition) is 6. The van der Waals surface area contributed by atoms with Crippen molar-refractivity contribution >= 4 is 29.1 Å². The Kier molecular flexibility index (Phi) is 8.73. The maximum Gasteiger partial charge on any atom is 0.243 e. The van der Waals surface area contributed by atoms with Crippen molar-refractivity contribution in [3.8, 4) is 11.3 Å². The van der Waals surface area contributed by atoms with Crippen molar-refractivity contribution in [3.05, 3.63) is 70.4 Å². The van der Waals surface area contributed by atoms with Crippen LogP contribution in [0.3, 0.4) is 0 Å². The van der Waals surface area contributed by atoms with E-state index in [1.807, 2.05) is 29.2 Å². The molecule has 3 aromatic rings. The first kappa shape index (κ1) is 28.1. The highest BCUT2D eigenvalue weighted by molar-refractivity contribution is 6.30. The first-order valence-corrected chi connectivity index (χ1v) is 14.2. The van der Waals surface area contributed by atoms with Gasteiger partial charge in [0.05, 0.1) is 17.8 Å². The number of fused-ring (bicyclic) bond motifs is 1. The Bertz CT molecular complexity index is 1340. The van der Waals surface area contributed by atoms with Crippen LogP contribution in [0.2, 0.25) is 5.02 Å². The molecule has 1 fully saturated rings. The number of H-pyrrole nitrogens is 1. The SMILES string of the molecule is CC(=O)N1CCc2[nH]nc(-c3ccc(Cl)cc3)c2C1CC(CN1CCN(c2ccccc2C)CC1)OCC(N)=O. The summed E-state index contributed by atoms with van der Waals surface area (Å²) in [7, 11) is 0. The number of nitrogens with one attached hydrogen (secondary N) is 1. The number of halogens is 1. The minimum absolute atomic E-state index is 0.000553. The van der Waals surface area contributed by atoms with E-state index in [9.17, 15) is 9.59 Å². The number of ether oxygens (including phenoxy) is 1. The van der Waals surface area contributed by atoms with Crippen molar-refractivity contribution in [1.82, 2.24) is 20.0 Å². The van der Waals surface area contributed by atoms with Crippen LogP contribution >= 0.6 is 11.6 Å². The maximum absolute atomic E-state index is 12.8. The summed E-state index contributed by atoms with van der Waals surface area (Å²) in [5.41, 5.74) is 11.8. The summed E-state index contributed by atoms with van der Waals surface area (Å²) in [5, 5.41) is 8.50. The van der Waals surface area contributed by atoms with E-state index in [1.54, 1.807) is 6.92 Å². The molecule has 1 saturated heterocycles. The lowest BCUT2D eigenvalue weighted by atomic mass is 9.89. The molecule has 2 aromatic carbocycles. The predicted octanol–water partition coefficient (Wildman–Crippen LogP) is 3.57. The zero-order valence-corrected chi connectivity index (χ0v) is 23.9. The number of aryl methyl sites for hydroxylation is 1. The predicted molar refractivity (Wildman–Crippen MR) is 156 cm³/mol. The van der Waals surface area contributed by atoms with Crippen LogP contribution in [0.5, 0.6) is 0 Å². The lowest BCUT2D eigenvalue weighted by Crippen LogP contribution is -2.50. The minimum Gasteiger partial charge on any atom is -0.369 e. The summed E-state index contributed by atoms with van der Waals surface area (Å²) < 4.78 is 6.10. The van der Waals surface area contributed by atoms with Gasteiger partial charge in [0.1, 0.15) is 6.61 Å². The molecule has 5 rings (SSSR count). The van der Waals surface area contributed by atoms with Crippen molar-refractivity contribution in [2.45, 2.75) is 38.8 Å². The molecule has 0 spiro atoms. The number of anilines is 1. The Hall–Kier alpha value is -3.40. The number of carbonyl (C=O) groups excluding carboxylic acids is 2. The van der Waals surface area contributed by atoms with E-state index in [0.29, 0.717) is 31.0 Å². The first-order chi connectivity index (χ1) is 19.3. The second-order valence-corrected chi connectivity index (χ2v) is 11.1. The molecule has 212 valence electrons. The molecule has 0 radical (unpaired) electrons. The Morgan fingerprint density at radius 2 is 1.82 bits per heavy atom. The number of benzene rings is 2. The molecule has 2 atom stereocenters. The number of para-hydroxylation sites is 1. The van der Waals surface area contributed by atoms with Crippen molar-refractivity contribution in [2.24, 2.45) is 5.73 Å². The summed E-state index contributed by atoms with van der Waals surface area (Å²) in [6.07, 6.45) is 0.917. The zero-order valence-electron chi connectivity index (χ0n) is 23.1. The standard InChI is InChI=1S/C30H37ClN6O3/c1-20-5-3-4-6-26(20)36-15-13-35(14-16-36)18-24(40-19-28(32)39)17-27-29-25(11-12-37(27)21(2)38)33-34-30(29)22-7-9-23(31)10-8-22/h3-10,24,27H,11-19H2,1-2H3,(H2,32,39)(H,33,34). The van der Waals surface area contributed by atoms with Crippen LogP contribution in [0, 0.1) is 6.92 Å². The molecule has 40 heavy (non-hydrogen) atoms.